The van der Waals surface area contributed by atoms with Crippen molar-refractivity contribution in [2.24, 2.45) is 18.9 Å². The Morgan fingerprint density at radius 1 is 1.25 bits per heavy atom. The third kappa shape index (κ3) is 3.55. The van der Waals surface area contributed by atoms with Gasteiger partial charge in [-0.15, -0.1) is 5.10 Å². The highest BCUT2D eigenvalue weighted by molar-refractivity contribution is 5.97. The second-order valence-corrected chi connectivity index (χ2v) is 6.66. The van der Waals surface area contributed by atoms with Gasteiger partial charge < -0.3 is 9.64 Å². The van der Waals surface area contributed by atoms with E-state index in [0.29, 0.717) is 29.0 Å². The molecular formula is C17H23N5O2. The molecule has 0 radical (unpaired) electrons. The first kappa shape index (κ1) is 16.4. The van der Waals surface area contributed by atoms with Crippen molar-refractivity contribution in [3.8, 4) is 5.75 Å². The number of ether oxygens (including phenoxy) is 1. The van der Waals surface area contributed by atoms with Gasteiger partial charge in [-0.3, -0.25) is 4.79 Å². The van der Waals surface area contributed by atoms with Crippen molar-refractivity contribution in [3.05, 3.63) is 35.7 Å². The van der Waals surface area contributed by atoms with Crippen LogP contribution in [-0.2, 0) is 13.7 Å². The molecule has 1 aliphatic heterocycles. The van der Waals surface area contributed by atoms with Crippen LogP contribution in [0.25, 0.3) is 0 Å². The molecule has 0 unspecified atom stereocenters. The van der Waals surface area contributed by atoms with Crippen LogP contribution in [0.5, 0.6) is 5.75 Å². The summed E-state index contributed by atoms with van der Waals surface area (Å²) in [6.45, 7) is 6.20. The maximum Gasteiger partial charge on any atom is 0.257 e. The van der Waals surface area contributed by atoms with Crippen LogP contribution in [-0.4, -0.2) is 44.1 Å². The van der Waals surface area contributed by atoms with Gasteiger partial charge in [0.05, 0.1) is 5.56 Å². The van der Waals surface area contributed by atoms with E-state index in [1.807, 2.05) is 29.2 Å². The molecule has 7 nitrogen and oxygen atoms in total. The summed E-state index contributed by atoms with van der Waals surface area (Å²) in [7, 11) is 1.76. The zero-order valence-electron chi connectivity index (χ0n) is 14.3. The predicted octanol–water partition coefficient (Wildman–Crippen LogP) is 1.91. The molecule has 0 bridgehead atoms. The fourth-order valence-corrected chi connectivity index (χ4v) is 3.28. The average molecular weight is 329 g/mol. The number of benzene rings is 1. The molecule has 0 aliphatic carbocycles. The Hall–Kier alpha value is -2.44. The normalized spacial score (nSPS) is 20.9. The molecule has 7 heteroatoms. The number of rotatable bonds is 4. The van der Waals surface area contributed by atoms with E-state index in [9.17, 15) is 4.79 Å². The molecule has 128 valence electrons. The van der Waals surface area contributed by atoms with Crippen molar-refractivity contribution in [2.45, 2.75) is 26.9 Å². The second-order valence-electron chi connectivity index (χ2n) is 6.66. The number of carbonyl (C=O) groups is 1. The van der Waals surface area contributed by atoms with E-state index in [1.54, 1.807) is 11.7 Å². The number of aryl methyl sites for hydroxylation is 1. The average Bonchev–Trinajstić information content (AvgIpc) is 2.97. The lowest BCUT2D eigenvalue weighted by molar-refractivity contribution is 0.0618. The molecule has 2 aromatic rings. The maximum absolute atomic E-state index is 12.9. The van der Waals surface area contributed by atoms with E-state index in [-0.39, 0.29) is 12.5 Å². The van der Waals surface area contributed by atoms with Crippen LogP contribution in [0.2, 0.25) is 0 Å². The molecule has 2 heterocycles. The molecule has 1 fully saturated rings. The van der Waals surface area contributed by atoms with E-state index in [0.717, 1.165) is 13.1 Å². The summed E-state index contributed by atoms with van der Waals surface area (Å²) in [4.78, 5) is 14.9. The fraction of sp³-hybridized carbons (Fsp3) is 0.529. The minimum atomic E-state index is 0.0279. The van der Waals surface area contributed by atoms with Gasteiger partial charge in [-0.05, 0) is 40.8 Å². The first-order valence-corrected chi connectivity index (χ1v) is 8.27. The van der Waals surface area contributed by atoms with Gasteiger partial charge in [0.25, 0.3) is 5.91 Å². The topological polar surface area (TPSA) is 73.1 Å². The van der Waals surface area contributed by atoms with E-state index in [1.165, 1.54) is 6.42 Å². The highest BCUT2D eigenvalue weighted by atomic mass is 16.5. The number of amides is 1. The van der Waals surface area contributed by atoms with Crippen molar-refractivity contribution in [2.75, 3.05) is 13.1 Å². The van der Waals surface area contributed by atoms with Crippen LogP contribution in [0, 0.1) is 11.8 Å². The first-order valence-electron chi connectivity index (χ1n) is 8.27. The summed E-state index contributed by atoms with van der Waals surface area (Å²) in [5, 5.41) is 11.3. The summed E-state index contributed by atoms with van der Waals surface area (Å²) in [5.41, 5.74) is 0.592. The Kier molecular flexibility index (Phi) is 4.78. The molecule has 1 aliphatic rings. The smallest absolute Gasteiger partial charge is 0.257 e. The number of carbonyl (C=O) groups excluding carboxylic acids is 1. The van der Waals surface area contributed by atoms with Gasteiger partial charge in [0.1, 0.15) is 12.4 Å². The summed E-state index contributed by atoms with van der Waals surface area (Å²) in [6, 6.07) is 7.35. The Bertz CT molecular complexity index is 705. The molecule has 2 atom stereocenters. The zero-order chi connectivity index (χ0) is 17.1. The standard InChI is InChI=1S/C17H23N5O2/c1-12-8-13(2)10-22(9-12)17(23)14-6-4-5-7-15(14)24-11-16-18-19-20-21(16)3/h4-7,12-13H,8-11H2,1-3H3/t12-,13-/m0/s1. The number of piperidine rings is 1. The van der Waals surface area contributed by atoms with Crippen LogP contribution >= 0.6 is 0 Å². The quantitative estimate of drug-likeness (QED) is 0.857. The lowest BCUT2D eigenvalue weighted by atomic mass is 9.91. The molecule has 0 spiro atoms. The molecule has 1 amide bonds. The molecule has 1 aromatic heterocycles. The summed E-state index contributed by atoms with van der Waals surface area (Å²) in [5.74, 6) is 2.25. The van der Waals surface area contributed by atoms with E-state index in [2.05, 4.69) is 29.4 Å². The highest BCUT2D eigenvalue weighted by Gasteiger charge is 2.27. The van der Waals surface area contributed by atoms with E-state index >= 15 is 0 Å². The minimum absolute atomic E-state index is 0.0279. The van der Waals surface area contributed by atoms with Crippen molar-refractivity contribution in [1.82, 2.24) is 25.1 Å². The predicted molar refractivity (Wildman–Crippen MR) is 88.4 cm³/mol. The number of para-hydroxylation sites is 1. The van der Waals surface area contributed by atoms with Gasteiger partial charge in [-0.2, -0.15) is 0 Å². The first-order chi connectivity index (χ1) is 11.5. The number of hydrogen-bond donors (Lipinski definition) is 0. The van der Waals surface area contributed by atoms with E-state index in [4.69, 9.17) is 4.74 Å². The molecule has 1 aromatic carbocycles. The van der Waals surface area contributed by atoms with Crippen LogP contribution in [0.3, 0.4) is 0 Å². The number of tetrazole rings is 1. The number of hydrogen-bond acceptors (Lipinski definition) is 5. The van der Waals surface area contributed by atoms with Crippen LogP contribution in [0.15, 0.2) is 24.3 Å². The van der Waals surface area contributed by atoms with Gasteiger partial charge in [0.15, 0.2) is 5.82 Å². The molecule has 0 saturated carbocycles. The Morgan fingerprint density at radius 2 is 1.96 bits per heavy atom. The fourth-order valence-electron chi connectivity index (χ4n) is 3.28. The van der Waals surface area contributed by atoms with Gasteiger partial charge >= 0.3 is 0 Å². The maximum atomic E-state index is 12.9. The highest BCUT2D eigenvalue weighted by Crippen LogP contribution is 2.26. The summed E-state index contributed by atoms with van der Waals surface area (Å²) >= 11 is 0. The Labute approximate surface area is 141 Å². The van der Waals surface area contributed by atoms with Gasteiger partial charge in [-0.1, -0.05) is 26.0 Å². The van der Waals surface area contributed by atoms with E-state index < -0.39 is 0 Å². The lowest BCUT2D eigenvalue weighted by Gasteiger charge is -2.35. The van der Waals surface area contributed by atoms with Gasteiger partial charge in [-0.25, -0.2) is 4.68 Å². The third-order valence-electron chi connectivity index (χ3n) is 4.34. The van der Waals surface area contributed by atoms with Crippen molar-refractivity contribution < 1.29 is 9.53 Å². The summed E-state index contributed by atoms with van der Waals surface area (Å²) in [6.07, 6.45) is 1.17. The van der Waals surface area contributed by atoms with Gasteiger partial charge in [0.2, 0.25) is 0 Å². The zero-order valence-corrected chi connectivity index (χ0v) is 14.3. The van der Waals surface area contributed by atoms with Crippen LogP contribution in [0.4, 0.5) is 0 Å². The lowest BCUT2D eigenvalue weighted by Crippen LogP contribution is -2.42. The van der Waals surface area contributed by atoms with Gasteiger partial charge in [0, 0.05) is 20.1 Å². The SMILES string of the molecule is C[C@H]1C[C@H](C)CN(C(=O)c2ccccc2OCc2nnnn2C)C1. The number of likely N-dealkylation sites (tertiary alicyclic amines) is 1. The van der Waals surface area contributed by atoms with Crippen molar-refractivity contribution in [1.29, 1.82) is 0 Å². The minimum Gasteiger partial charge on any atom is -0.485 e. The largest absolute Gasteiger partial charge is 0.485 e. The Morgan fingerprint density at radius 3 is 2.62 bits per heavy atom. The van der Waals surface area contributed by atoms with Crippen LogP contribution < -0.4 is 4.74 Å². The van der Waals surface area contributed by atoms with Crippen molar-refractivity contribution >= 4 is 5.91 Å². The monoisotopic (exact) mass is 329 g/mol. The molecule has 3 rings (SSSR count). The second kappa shape index (κ2) is 6.98. The molecule has 24 heavy (non-hydrogen) atoms. The number of aromatic nitrogens is 4. The van der Waals surface area contributed by atoms with Crippen LogP contribution in [0.1, 0.15) is 36.5 Å². The van der Waals surface area contributed by atoms with Crippen molar-refractivity contribution in [3.63, 3.8) is 0 Å². The Balaban J connectivity index is 1.76. The summed E-state index contributed by atoms with van der Waals surface area (Å²) < 4.78 is 7.37. The molecule has 1 saturated heterocycles. The number of nitrogens with zero attached hydrogens (tertiary/aromatic N) is 5. The third-order valence-corrected chi connectivity index (χ3v) is 4.34. The molecular weight excluding hydrogens is 306 g/mol. The molecule has 0 N–H and O–H groups in total.